The third-order valence-corrected chi connectivity index (χ3v) is 4.49. The van der Waals surface area contributed by atoms with Crippen molar-refractivity contribution in [1.82, 2.24) is 19.9 Å². The van der Waals surface area contributed by atoms with Crippen LogP contribution in [0.1, 0.15) is 17.8 Å². The van der Waals surface area contributed by atoms with Crippen molar-refractivity contribution in [3.8, 4) is 6.07 Å². The highest BCUT2D eigenvalue weighted by molar-refractivity contribution is 6.02. The highest BCUT2D eigenvalue weighted by Crippen LogP contribution is 2.24. The number of aliphatic carboxylic acids is 1. The van der Waals surface area contributed by atoms with Crippen LogP contribution in [0, 0.1) is 17.2 Å². The maximum atomic E-state index is 11.1. The number of nitrogens with one attached hydrogen (secondary N) is 1. The SMILES string of the molecule is N#Cc1ccc2ncc3[nH]c(CN4CCC(C(=O)O)C4)nc3c2c1. The third kappa shape index (κ3) is 2.47. The van der Waals surface area contributed by atoms with E-state index >= 15 is 0 Å². The molecular weight excluding hydrogens is 306 g/mol. The van der Waals surface area contributed by atoms with E-state index in [2.05, 4.69) is 25.9 Å². The van der Waals surface area contributed by atoms with Gasteiger partial charge >= 0.3 is 5.97 Å². The summed E-state index contributed by atoms with van der Waals surface area (Å²) < 4.78 is 0. The molecule has 3 aromatic rings. The molecule has 0 spiro atoms. The van der Waals surface area contributed by atoms with Crippen LogP contribution in [-0.2, 0) is 11.3 Å². The number of carboxylic acids is 1. The summed E-state index contributed by atoms with van der Waals surface area (Å²) in [7, 11) is 0. The van der Waals surface area contributed by atoms with Gasteiger partial charge in [-0.15, -0.1) is 0 Å². The van der Waals surface area contributed by atoms with Crippen molar-refractivity contribution in [2.24, 2.45) is 5.92 Å². The number of imidazole rings is 1. The fourth-order valence-electron chi connectivity index (χ4n) is 3.24. The van der Waals surface area contributed by atoms with E-state index in [1.54, 1.807) is 18.3 Å². The number of aromatic nitrogens is 3. The van der Waals surface area contributed by atoms with E-state index in [4.69, 9.17) is 10.4 Å². The number of likely N-dealkylation sites (tertiary alicyclic amines) is 1. The van der Waals surface area contributed by atoms with Crippen molar-refractivity contribution in [2.75, 3.05) is 13.1 Å². The summed E-state index contributed by atoms with van der Waals surface area (Å²) in [5, 5.41) is 19.0. The summed E-state index contributed by atoms with van der Waals surface area (Å²) in [5.74, 6) is -0.246. The number of carbonyl (C=O) groups is 1. The first kappa shape index (κ1) is 14.6. The number of nitrogens with zero attached hydrogens (tertiary/aromatic N) is 4. The van der Waals surface area contributed by atoms with Gasteiger partial charge in [0, 0.05) is 11.9 Å². The Hall–Kier alpha value is -2.98. The average Bonchev–Trinajstić information content (AvgIpc) is 3.21. The molecule has 7 heteroatoms. The molecule has 0 saturated carbocycles. The van der Waals surface area contributed by atoms with E-state index < -0.39 is 5.97 Å². The number of H-pyrrole nitrogens is 1. The van der Waals surface area contributed by atoms with Gasteiger partial charge in [-0.3, -0.25) is 14.7 Å². The van der Waals surface area contributed by atoms with Gasteiger partial charge in [-0.05, 0) is 31.2 Å². The number of rotatable bonds is 3. The Balaban J connectivity index is 1.67. The molecule has 0 aliphatic carbocycles. The van der Waals surface area contributed by atoms with E-state index in [0.29, 0.717) is 25.1 Å². The zero-order valence-electron chi connectivity index (χ0n) is 12.9. The number of hydrogen-bond donors (Lipinski definition) is 2. The van der Waals surface area contributed by atoms with Crippen LogP contribution in [0.3, 0.4) is 0 Å². The van der Waals surface area contributed by atoms with Crippen LogP contribution in [0.4, 0.5) is 0 Å². The third-order valence-electron chi connectivity index (χ3n) is 4.49. The van der Waals surface area contributed by atoms with Crippen LogP contribution in [0.25, 0.3) is 21.9 Å². The maximum Gasteiger partial charge on any atom is 0.307 e. The van der Waals surface area contributed by atoms with E-state index in [9.17, 15) is 4.79 Å². The molecule has 1 unspecified atom stereocenters. The topological polar surface area (TPSA) is 106 Å². The first-order chi connectivity index (χ1) is 11.6. The fourth-order valence-corrected chi connectivity index (χ4v) is 3.24. The van der Waals surface area contributed by atoms with E-state index in [-0.39, 0.29) is 5.92 Å². The Kier molecular flexibility index (Phi) is 3.40. The Bertz CT molecular complexity index is 988. The van der Waals surface area contributed by atoms with Crippen molar-refractivity contribution in [2.45, 2.75) is 13.0 Å². The van der Waals surface area contributed by atoms with Crippen LogP contribution < -0.4 is 0 Å². The highest BCUT2D eigenvalue weighted by atomic mass is 16.4. The first-order valence-corrected chi connectivity index (χ1v) is 7.76. The molecule has 1 saturated heterocycles. The molecule has 0 radical (unpaired) electrons. The van der Waals surface area contributed by atoms with Crippen LogP contribution in [-0.4, -0.2) is 44.0 Å². The lowest BCUT2D eigenvalue weighted by molar-refractivity contribution is -0.141. The number of carboxylic acid groups (broad SMARTS) is 1. The molecule has 4 rings (SSSR count). The minimum Gasteiger partial charge on any atom is -0.481 e. The predicted molar refractivity (Wildman–Crippen MR) is 87.1 cm³/mol. The van der Waals surface area contributed by atoms with Gasteiger partial charge in [0.2, 0.25) is 0 Å². The minimum absolute atomic E-state index is 0.296. The normalized spacial score (nSPS) is 18.2. The van der Waals surface area contributed by atoms with Crippen LogP contribution >= 0.6 is 0 Å². The van der Waals surface area contributed by atoms with Gasteiger partial charge in [-0.2, -0.15) is 5.26 Å². The number of benzene rings is 1. The molecule has 1 aliphatic rings. The zero-order chi connectivity index (χ0) is 16.7. The largest absolute Gasteiger partial charge is 0.481 e. The molecule has 2 N–H and O–H groups in total. The predicted octanol–water partition coefficient (Wildman–Crippen LogP) is 1.89. The molecule has 24 heavy (non-hydrogen) atoms. The lowest BCUT2D eigenvalue weighted by Gasteiger charge is -2.12. The Morgan fingerprint density at radius 2 is 2.38 bits per heavy atom. The molecule has 0 bridgehead atoms. The van der Waals surface area contributed by atoms with Crippen LogP contribution in [0.15, 0.2) is 24.4 Å². The lowest BCUT2D eigenvalue weighted by Crippen LogP contribution is -2.23. The van der Waals surface area contributed by atoms with Crippen molar-refractivity contribution < 1.29 is 9.90 Å². The summed E-state index contributed by atoms with van der Waals surface area (Å²) in [4.78, 5) is 25.5. The molecule has 120 valence electrons. The smallest absolute Gasteiger partial charge is 0.307 e. The fraction of sp³-hybridized carbons (Fsp3) is 0.294. The summed E-state index contributed by atoms with van der Waals surface area (Å²) >= 11 is 0. The number of aromatic amines is 1. The van der Waals surface area contributed by atoms with E-state index in [0.717, 1.165) is 34.3 Å². The van der Waals surface area contributed by atoms with Gasteiger partial charge < -0.3 is 10.1 Å². The summed E-state index contributed by atoms with van der Waals surface area (Å²) in [5.41, 5.74) is 2.99. The van der Waals surface area contributed by atoms with Gasteiger partial charge in [0.15, 0.2) is 0 Å². The quantitative estimate of drug-likeness (QED) is 0.763. The van der Waals surface area contributed by atoms with E-state index in [1.165, 1.54) is 0 Å². The van der Waals surface area contributed by atoms with Crippen LogP contribution in [0.2, 0.25) is 0 Å². The highest BCUT2D eigenvalue weighted by Gasteiger charge is 2.28. The molecule has 3 heterocycles. The second kappa shape index (κ2) is 5.58. The van der Waals surface area contributed by atoms with Crippen molar-refractivity contribution >= 4 is 27.9 Å². The van der Waals surface area contributed by atoms with Crippen molar-refractivity contribution in [3.63, 3.8) is 0 Å². The standard InChI is InChI=1S/C17H15N5O2/c18-6-10-1-2-13-12(5-10)16-14(7-19-13)20-15(21-16)9-22-4-3-11(8-22)17(23)24/h1-2,5,7,11H,3-4,8-9H2,(H,20,21)(H,23,24). The Morgan fingerprint density at radius 3 is 3.12 bits per heavy atom. The number of nitriles is 1. The summed E-state index contributed by atoms with van der Waals surface area (Å²) in [6.07, 6.45) is 2.41. The molecule has 7 nitrogen and oxygen atoms in total. The first-order valence-electron chi connectivity index (χ1n) is 7.76. The second-order valence-electron chi connectivity index (χ2n) is 6.11. The van der Waals surface area contributed by atoms with Gasteiger partial charge in [0.1, 0.15) is 5.82 Å². The average molecular weight is 321 g/mol. The summed E-state index contributed by atoms with van der Waals surface area (Å²) in [6.45, 7) is 1.88. The maximum absolute atomic E-state index is 11.1. The summed E-state index contributed by atoms with van der Waals surface area (Å²) in [6, 6.07) is 7.49. The molecule has 1 aromatic carbocycles. The Labute approximate surface area is 137 Å². The molecule has 2 aromatic heterocycles. The van der Waals surface area contributed by atoms with E-state index in [1.807, 2.05) is 6.07 Å². The number of hydrogen-bond acceptors (Lipinski definition) is 5. The Morgan fingerprint density at radius 1 is 1.50 bits per heavy atom. The van der Waals surface area contributed by atoms with Gasteiger partial charge in [-0.25, -0.2) is 4.98 Å². The van der Waals surface area contributed by atoms with Crippen molar-refractivity contribution in [1.29, 1.82) is 5.26 Å². The molecule has 0 amide bonds. The monoisotopic (exact) mass is 321 g/mol. The van der Waals surface area contributed by atoms with Crippen molar-refractivity contribution in [3.05, 3.63) is 35.8 Å². The zero-order valence-corrected chi connectivity index (χ0v) is 12.9. The van der Waals surface area contributed by atoms with Gasteiger partial charge in [0.25, 0.3) is 0 Å². The number of fused-ring (bicyclic) bond motifs is 3. The number of pyridine rings is 1. The lowest BCUT2D eigenvalue weighted by atomic mass is 10.1. The molecule has 1 fully saturated rings. The molecule has 1 atom stereocenters. The molecule has 1 aliphatic heterocycles. The molecular formula is C17H15N5O2. The van der Waals surface area contributed by atoms with Crippen LogP contribution in [0.5, 0.6) is 0 Å². The van der Waals surface area contributed by atoms with Gasteiger partial charge in [0.05, 0.1) is 46.8 Å². The van der Waals surface area contributed by atoms with Gasteiger partial charge in [-0.1, -0.05) is 0 Å². The second-order valence-corrected chi connectivity index (χ2v) is 6.11. The minimum atomic E-state index is -0.735.